The summed E-state index contributed by atoms with van der Waals surface area (Å²) in [6.45, 7) is 0. The molecule has 0 saturated carbocycles. The Morgan fingerprint density at radius 3 is 1.25 bits per heavy atom. The number of hydrogen-bond donors (Lipinski definition) is 0. The van der Waals surface area contributed by atoms with Gasteiger partial charge in [0.25, 0.3) is 0 Å². The Morgan fingerprint density at radius 2 is 1.25 bits per heavy atom. The van der Waals surface area contributed by atoms with E-state index in [1.54, 1.807) is 0 Å². The van der Waals surface area contributed by atoms with Gasteiger partial charge in [-0.3, -0.25) is 0 Å². The van der Waals surface area contributed by atoms with E-state index in [0.29, 0.717) is 0 Å². The fraction of sp³-hybridized carbons (Fsp3) is 0. The van der Waals surface area contributed by atoms with Gasteiger partial charge in [-0.2, -0.15) is 0 Å². The van der Waals surface area contributed by atoms with E-state index < -0.39 is 0 Å². The second-order valence-corrected chi connectivity index (χ2v) is 0. The summed E-state index contributed by atoms with van der Waals surface area (Å²) in [7, 11) is 0. The molecule has 0 aromatic carbocycles. The van der Waals surface area contributed by atoms with Gasteiger partial charge in [0, 0.05) is 35.6 Å². The molecule has 0 aliphatic rings. The first-order valence-corrected chi connectivity index (χ1v) is 0. The smallest absolute Gasteiger partial charge is 2.00 e. The molecule has 4 heavy (non-hydrogen) atoms. The van der Waals surface area contributed by atoms with E-state index in [9.17, 15) is 0 Å². The fourth-order valence-electron chi connectivity index (χ4n) is 0. The van der Waals surface area contributed by atoms with E-state index in [0.717, 1.165) is 0 Å². The maximum absolute atomic E-state index is 0. The first-order valence-electron chi connectivity index (χ1n) is 0. The molecule has 0 amide bonds. The van der Waals surface area contributed by atoms with Crippen LogP contribution in [0.2, 0.25) is 0 Å². The molecule has 1 nitrogen and oxygen atoms in total. The monoisotopic (exact) mass is 236 g/mol. The van der Waals surface area contributed by atoms with Crippen LogP contribution in [0.15, 0.2) is 0 Å². The van der Waals surface area contributed by atoms with Crippen LogP contribution in [0.1, 0.15) is 2.85 Å². The van der Waals surface area contributed by atoms with Crippen molar-refractivity contribution in [2.75, 3.05) is 0 Å². The summed E-state index contributed by atoms with van der Waals surface area (Å²) in [5.41, 5.74) is 0. The molecule has 0 unspecified atom stereocenters. The van der Waals surface area contributed by atoms with Crippen molar-refractivity contribution in [2.24, 2.45) is 0 Å². The molecule has 0 aliphatic heterocycles. The first-order chi connectivity index (χ1) is 0. The third-order valence-corrected chi connectivity index (χ3v) is 0. The molecule has 0 spiro atoms. The molecule has 0 bridgehead atoms. The molecule has 2 radical (unpaired) electrons. The van der Waals surface area contributed by atoms with Crippen molar-refractivity contribution in [3.05, 3.63) is 0 Å². The standard InChI is InChI=1S/La.Mg.Mn.O.2H/q;2*+2;-2;2*-1. The van der Waals surface area contributed by atoms with E-state index in [4.69, 9.17) is 0 Å². The number of rotatable bonds is 0. The van der Waals surface area contributed by atoms with E-state index in [-0.39, 0.29) is 84.0 Å². The Labute approximate surface area is 82.8 Å². The molecular weight excluding hydrogens is 234 g/mol. The van der Waals surface area contributed by atoms with Gasteiger partial charge >= 0.3 is 40.1 Å². The van der Waals surface area contributed by atoms with Gasteiger partial charge in [0.05, 0.1) is 0 Å². The van der Waals surface area contributed by atoms with Crippen molar-refractivity contribution in [1.29, 1.82) is 0 Å². The molecule has 0 heterocycles. The molecule has 0 aromatic rings. The van der Waals surface area contributed by atoms with E-state index in [2.05, 4.69) is 0 Å². The molecular formula is H2LaMgMnO. The maximum Gasteiger partial charge on any atom is 2.00 e. The summed E-state index contributed by atoms with van der Waals surface area (Å²) in [5, 5.41) is 0. The third kappa shape index (κ3) is 8.83. The Kier molecular flexibility index (Phi) is 144. The minimum Gasteiger partial charge on any atom is -2.00 e. The third-order valence-electron chi connectivity index (χ3n) is 0. The number of hydrogen-bond acceptors (Lipinski definition) is 0. The van der Waals surface area contributed by atoms with Crippen molar-refractivity contribution in [1.82, 2.24) is 0 Å². The quantitative estimate of drug-likeness (QED) is 0.518. The van der Waals surface area contributed by atoms with Gasteiger partial charge in [-0.1, -0.05) is 0 Å². The first kappa shape index (κ1) is 32.0. The Morgan fingerprint density at radius 1 is 1.25 bits per heavy atom. The molecule has 0 aliphatic carbocycles. The van der Waals surface area contributed by atoms with E-state index in [1.165, 1.54) is 0 Å². The average Bonchev–Trinajstić information content (AvgIpc) is 0. The zero-order chi connectivity index (χ0) is 0. The van der Waals surface area contributed by atoms with Crippen LogP contribution in [0.4, 0.5) is 0 Å². The summed E-state index contributed by atoms with van der Waals surface area (Å²) in [6, 6.07) is 0. The van der Waals surface area contributed by atoms with Gasteiger partial charge in [-0.05, 0) is 0 Å². The summed E-state index contributed by atoms with van der Waals surface area (Å²) < 4.78 is 0. The predicted molar refractivity (Wildman–Crippen MR) is 8.66 cm³/mol. The van der Waals surface area contributed by atoms with Crippen LogP contribution in [0.3, 0.4) is 0 Å². The summed E-state index contributed by atoms with van der Waals surface area (Å²) >= 11 is 0. The Balaban J connectivity index is 0. The molecule has 0 saturated heterocycles. The Bertz CT molecular complexity index is 13.5. The maximum atomic E-state index is 0. The second kappa shape index (κ2) is 18.0. The van der Waals surface area contributed by atoms with Crippen LogP contribution >= 0.6 is 0 Å². The minimum absolute atomic E-state index is 0. The molecule has 0 aromatic heterocycles. The normalized spacial score (nSPS) is 0. The van der Waals surface area contributed by atoms with Gasteiger partial charge in [0.15, 0.2) is 0 Å². The van der Waals surface area contributed by atoms with Crippen LogP contribution in [0.5, 0.6) is 0 Å². The molecule has 0 N–H and O–H groups in total. The molecule has 20 valence electrons. The van der Waals surface area contributed by atoms with Crippen molar-refractivity contribution >= 4 is 23.1 Å². The van der Waals surface area contributed by atoms with Crippen molar-refractivity contribution in [2.45, 2.75) is 0 Å². The van der Waals surface area contributed by atoms with Gasteiger partial charge in [0.1, 0.15) is 0 Å². The Hall–Kier alpha value is 2.44. The average molecular weight is 236 g/mol. The summed E-state index contributed by atoms with van der Waals surface area (Å²) in [4.78, 5) is 0. The fourth-order valence-corrected chi connectivity index (χ4v) is 0. The summed E-state index contributed by atoms with van der Waals surface area (Å²) in [5.74, 6) is 0. The molecule has 0 fully saturated rings. The van der Waals surface area contributed by atoms with E-state index >= 15 is 0 Å². The zero-order valence-corrected chi connectivity index (χ0v) is 8.29. The van der Waals surface area contributed by atoms with Gasteiger partial charge in [-0.15, -0.1) is 0 Å². The molecule has 0 atom stereocenters. The molecule has 4 heteroatoms. The van der Waals surface area contributed by atoms with Crippen molar-refractivity contribution in [3.8, 4) is 0 Å². The van der Waals surface area contributed by atoms with E-state index in [1.807, 2.05) is 0 Å². The summed E-state index contributed by atoms with van der Waals surface area (Å²) in [6.07, 6.45) is 0. The van der Waals surface area contributed by atoms with Crippen molar-refractivity contribution in [3.63, 3.8) is 0 Å². The van der Waals surface area contributed by atoms with Crippen molar-refractivity contribution < 1.29 is 61.0 Å². The van der Waals surface area contributed by atoms with Crippen LogP contribution in [-0.2, 0) is 22.5 Å². The van der Waals surface area contributed by atoms with Gasteiger partial charge < -0.3 is 8.33 Å². The molecule has 0 rings (SSSR count). The topological polar surface area (TPSA) is 28.5 Å². The zero-order valence-electron chi connectivity index (χ0n) is 4.07. The van der Waals surface area contributed by atoms with Crippen LogP contribution in [-0.4, -0.2) is 23.1 Å². The minimum atomic E-state index is 0. The SMILES string of the molecule is [H-].[H-].[La].[Mg+2].[Mn+2].[O-2]. The van der Waals surface area contributed by atoms with Crippen LogP contribution in [0.25, 0.3) is 0 Å². The van der Waals surface area contributed by atoms with Gasteiger partial charge in [0.2, 0.25) is 0 Å². The predicted octanol–water partition coefficient (Wildman–Crippen LogP) is -0.277. The van der Waals surface area contributed by atoms with Crippen LogP contribution in [0, 0.1) is 35.6 Å². The largest absolute Gasteiger partial charge is 2.00 e. The van der Waals surface area contributed by atoms with Crippen LogP contribution < -0.4 is 0 Å². The van der Waals surface area contributed by atoms with Gasteiger partial charge in [-0.25, -0.2) is 0 Å². The second-order valence-electron chi connectivity index (χ2n) is 0.